The minimum absolute atomic E-state index is 0.0374. The van der Waals surface area contributed by atoms with E-state index in [-0.39, 0.29) is 11.0 Å². The quantitative estimate of drug-likeness (QED) is 0.760. The zero-order valence-electron chi connectivity index (χ0n) is 12.7. The van der Waals surface area contributed by atoms with E-state index in [0.717, 1.165) is 11.3 Å². The lowest BCUT2D eigenvalue weighted by molar-refractivity contribution is 0.566. The van der Waals surface area contributed by atoms with E-state index in [9.17, 15) is 4.79 Å². The zero-order valence-corrected chi connectivity index (χ0v) is 12.7. The van der Waals surface area contributed by atoms with Gasteiger partial charge in [0, 0.05) is 22.9 Å². The van der Waals surface area contributed by atoms with Crippen molar-refractivity contribution in [1.29, 1.82) is 0 Å². The van der Waals surface area contributed by atoms with Gasteiger partial charge in [-0.05, 0) is 18.2 Å². The van der Waals surface area contributed by atoms with Crippen LogP contribution < -0.4 is 5.56 Å². The second-order valence-corrected chi connectivity index (χ2v) is 6.13. The summed E-state index contributed by atoms with van der Waals surface area (Å²) in [4.78, 5) is 23.2. The molecule has 112 valence electrons. The predicted molar refractivity (Wildman–Crippen MR) is 86.4 cm³/mol. The molecule has 0 aliphatic rings. The van der Waals surface area contributed by atoms with Crippen LogP contribution in [-0.2, 0) is 5.41 Å². The number of nitrogens with zero attached hydrogens (tertiary/aromatic N) is 3. The van der Waals surface area contributed by atoms with Gasteiger partial charge in [-0.25, -0.2) is 4.98 Å². The van der Waals surface area contributed by atoms with E-state index in [1.807, 2.05) is 6.08 Å². The molecule has 0 aliphatic carbocycles. The van der Waals surface area contributed by atoms with E-state index in [4.69, 9.17) is 0 Å². The molecule has 0 aromatic carbocycles. The molecular weight excluding hydrogens is 278 g/mol. The first kappa shape index (κ1) is 14.2. The molecule has 3 aromatic heterocycles. The molecule has 3 heterocycles. The van der Waals surface area contributed by atoms with Crippen molar-refractivity contribution in [2.45, 2.75) is 26.2 Å². The molecule has 0 radical (unpaired) electrons. The topological polar surface area (TPSA) is 87.3 Å². The highest BCUT2D eigenvalue weighted by atomic mass is 16.1. The standard InChI is InChI=1S/C16H17N5O/c1-16(2,3)14-10(8-18-21-14)4-5-13-19-12-9-17-7-6-11(12)15(22)20-13/h4-9H,1-3H3,(H,18,21)(H,19,20,22)/b5-4+. The third-order valence-corrected chi connectivity index (χ3v) is 3.37. The summed E-state index contributed by atoms with van der Waals surface area (Å²) in [7, 11) is 0. The van der Waals surface area contributed by atoms with Crippen LogP contribution in [0.4, 0.5) is 0 Å². The van der Waals surface area contributed by atoms with Crippen LogP contribution in [0.15, 0.2) is 29.5 Å². The highest BCUT2D eigenvalue weighted by Gasteiger charge is 2.18. The van der Waals surface area contributed by atoms with E-state index in [1.54, 1.807) is 30.7 Å². The molecule has 0 bridgehead atoms. The van der Waals surface area contributed by atoms with Crippen LogP contribution in [-0.4, -0.2) is 25.1 Å². The Morgan fingerprint density at radius 2 is 2.00 bits per heavy atom. The van der Waals surface area contributed by atoms with E-state index in [0.29, 0.717) is 16.7 Å². The van der Waals surface area contributed by atoms with Crippen molar-refractivity contribution in [1.82, 2.24) is 25.1 Å². The normalized spacial score (nSPS) is 12.3. The number of pyridine rings is 1. The van der Waals surface area contributed by atoms with Crippen LogP contribution in [0.25, 0.3) is 23.1 Å². The lowest BCUT2D eigenvalue weighted by Gasteiger charge is -2.17. The first-order valence-corrected chi connectivity index (χ1v) is 7.01. The summed E-state index contributed by atoms with van der Waals surface area (Å²) in [6, 6.07) is 1.66. The Balaban J connectivity index is 2.00. The Kier molecular flexibility index (Phi) is 3.36. The van der Waals surface area contributed by atoms with Gasteiger partial charge in [-0.15, -0.1) is 0 Å². The van der Waals surface area contributed by atoms with Crippen molar-refractivity contribution < 1.29 is 0 Å². The van der Waals surface area contributed by atoms with Crippen LogP contribution >= 0.6 is 0 Å². The number of aromatic amines is 2. The molecule has 0 saturated carbocycles. The minimum atomic E-state index is -0.171. The molecule has 3 aromatic rings. The van der Waals surface area contributed by atoms with Gasteiger partial charge < -0.3 is 4.98 Å². The van der Waals surface area contributed by atoms with Crippen LogP contribution in [0, 0.1) is 0 Å². The lowest BCUT2D eigenvalue weighted by Crippen LogP contribution is -2.13. The highest BCUT2D eigenvalue weighted by Crippen LogP contribution is 2.24. The van der Waals surface area contributed by atoms with Gasteiger partial charge in [-0.1, -0.05) is 20.8 Å². The summed E-state index contributed by atoms with van der Waals surface area (Å²) in [6.07, 6.45) is 8.59. The van der Waals surface area contributed by atoms with E-state index in [2.05, 4.69) is 45.9 Å². The van der Waals surface area contributed by atoms with Crippen LogP contribution in [0.5, 0.6) is 0 Å². The molecule has 0 spiro atoms. The first-order chi connectivity index (χ1) is 10.4. The van der Waals surface area contributed by atoms with Crippen molar-refractivity contribution in [2.75, 3.05) is 0 Å². The van der Waals surface area contributed by atoms with Crippen molar-refractivity contribution in [3.63, 3.8) is 0 Å². The number of rotatable bonds is 2. The Bertz CT molecular complexity index is 899. The molecule has 0 atom stereocenters. The fourth-order valence-corrected chi connectivity index (χ4v) is 2.28. The predicted octanol–water partition coefficient (Wildman–Crippen LogP) is 2.51. The maximum atomic E-state index is 12.0. The van der Waals surface area contributed by atoms with Crippen molar-refractivity contribution >= 4 is 23.1 Å². The summed E-state index contributed by atoms with van der Waals surface area (Å²) >= 11 is 0. The van der Waals surface area contributed by atoms with Crippen molar-refractivity contribution in [2.24, 2.45) is 0 Å². The van der Waals surface area contributed by atoms with Gasteiger partial charge >= 0.3 is 0 Å². The van der Waals surface area contributed by atoms with E-state index in [1.165, 1.54) is 0 Å². The van der Waals surface area contributed by atoms with Crippen LogP contribution in [0.1, 0.15) is 37.9 Å². The van der Waals surface area contributed by atoms with E-state index >= 15 is 0 Å². The summed E-state index contributed by atoms with van der Waals surface area (Å²) in [5.41, 5.74) is 2.38. The maximum absolute atomic E-state index is 12.0. The molecule has 0 saturated heterocycles. The van der Waals surface area contributed by atoms with E-state index < -0.39 is 0 Å². The van der Waals surface area contributed by atoms with Crippen LogP contribution in [0.2, 0.25) is 0 Å². The number of hydrogen-bond donors (Lipinski definition) is 2. The molecular formula is C16H17N5O. The highest BCUT2D eigenvalue weighted by molar-refractivity contribution is 5.78. The molecule has 2 N–H and O–H groups in total. The number of H-pyrrole nitrogens is 2. The zero-order chi connectivity index (χ0) is 15.7. The molecule has 22 heavy (non-hydrogen) atoms. The third kappa shape index (κ3) is 2.67. The van der Waals surface area contributed by atoms with Crippen molar-refractivity contribution in [3.8, 4) is 0 Å². The maximum Gasteiger partial charge on any atom is 0.259 e. The minimum Gasteiger partial charge on any atom is -0.306 e. The smallest absolute Gasteiger partial charge is 0.259 e. The number of hydrogen-bond acceptors (Lipinski definition) is 4. The number of nitrogens with one attached hydrogen (secondary N) is 2. The fraction of sp³-hybridized carbons (Fsp3) is 0.250. The molecule has 0 amide bonds. The Labute approximate surface area is 127 Å². The van der Waals surface area contributed by atoms with Gasteiger partial charge in [0.05, 0.1) is 23.3 Å². The average molecular weight is 295 g/mol. The van der Waals surface area contributed by atoms with Gasteiger partial charge in [0.15, 0.2) is 0 Å². The SMILES string of the molecule is CC(C)(C)c1[nH]ncc1/C=C/c1nc2cnccc2c(=O)[nH]1. The monoisotopic (exact) mass is 295 g/mol. The first-order valence-electron chi connectivity index (χ1n) is 7.01. The molecule has 6 heteroatoms. The molecule has 0 aliphatic heterocycles. The average Bonchev–Trinajstić information content (AvgIpc) is 2.94. The second kappa shape index (κ2) is 5.22. The third-order valence-electron chi connectivity index (χ3n) is 3.37. The molecule has 0 fully saturated rings. The van der Waals surface area contributed by atoms with Gasteiger partial charge in [0.25, 0.3) is 5.56 Å². The van der Waals surface area contributed by atoms with Gasteiger partial charge in [-0.3, -0.25) is 14.9 Å². The molecule has 3 rings (SSSR count). The Morgan fingerprint density at radius 3 is 2.77 bits per heavy atom. The summed E-state index contributed by atoms with van der Waals surface area (Å²) in [6.45, 7) is 6.33. The number of fused-ring (bicyclic) bond motifs is 1. The largest absolute Gasteiger partial charge is 0.306 e. The Hall–Kier alpha value is -2.76. The summed E-state index contributed by atoms with van der Waals surface area (Å²) in [5.74, 6) is 0.492. The lowest BCUT2D eigenvalue weighted by atomic mass is 9.89. The van der Waals surface area contributed by atoms with Gasteiger partial charge in [0.1, 0.15) is 5.82 Å². The summed E-state index contributed by atoms with van der Waals surface area (Å²) in [5, 5.41) is 7.64. The van der Waals surface area contributed by atoms with Gasteiger partial charge in [-0.2, -0.15) is 5.10 Å². The fourth-order valence-electron chi connectivity index (χ4n) is 2.28. The molecule has 0 unspecified atom stereocenters. The second-order valence-electron chi connectivity index (χ2n) is 6.13. The van der Waals surface area contributed by atoms with Gasteiger partial charge in [0.2, 0.25) is 0 Å². The summed E-state index contributed by atoms with van der Waals surface area (Å²) < 4.78 is 0. The van der Waals surface area contributed by atoms with Crippen molar-refractivity contribution in [3.05, 3.63) is 52.1 Å². The Morgan fingerprint density at radius 1 is 1.18 bits per heavy atom. The molecule has 6 nitrogen and oxygen atoms in total. The van der Waals surface area contributed by atoms with Crippen LogP contribution in [0.3, 0.4) is 0 Å². The number of aromatic nitrogens is 5.